The van der Waals surface area contributed by atoms with Crippen LogP contribution in [0.4, 0.5) is 0 Å². The Morgan fingerprint density at radius 3 is 2.64 bits per heavy atom. The first-order chi connectivity index (χ1) is 11.8. The highest BCUT2D eigenvalue weighted by molar-refractivity contribution is 5.74. The maximum atomic E-state index is 11.2. The number of aliphatic hydroxyl groups excluding tert-OH is 4. The molecule has 9 heteroatoms. The number of carbonyl (C=O) groups is 1. The van der Waals surface area contributed by atoms with Gasteiger partial charge in [-0.2, -0.15) is 0 Å². The van der Waals surface area contributed by atoms with Crippen LogP contribution in [0.2, 0.25) is 0 Å². The third-order valence-corrected chi connectivity index (χ3v) is 5.43. The van der Waals surface area contributed by atoms with Gasteiger partial charge in [0.25, 0.3) is 0 Å². The molecule has 25 heavy (non-hydrogen) atoms. The highest BCUT2D eigenvalue weighted by Crippen LogP contribution is 2.48. The number of hydrogen-bond donors (Lipinski definition) is 5. The Balaban J connectivity index is 1.79. The van der Waals surface area contributed by atoms with Crippen molar-refractivity contribution in [3.63, 3.8) is 0 Å². The van der Waals surface area contributed by atoms with Gasteiger partial charge in [-0.3, -0.25) is 4.79 Å². The summed E-state index contributed by atoms with van der Waals surface area (Å²) < 4.78 is 16.4. The smallest absolute Gasteiger partial charge is 0.207 e. The minimum absolute atomic E-state index is 0.254. The van der Waals surface area contributed by atoms with Gasteiger partial charge in [0.15, 0.2) is 6.29 Å². The molecule has 1 saturated carbocycles. The van der Waals surface area contributed by atoms with Crippen LogP contribution in [-0.2, 0) is 19.0 Å². The van der Waals surface area contributed by atoms with E-state index in [2.05, 4.69) is 0 Å². The van der Waals surface area contributed by atoms with Gasteiger partial charge in [0.1, 0.15) is 30.7 Å². The average Bonchev–Trinajstić information content (AvgIpc) is 2.92. The molecule has 2 fully saturated rings. The van der Waals surface area contributed by atoms with E-state index in [1.54, 1.807) is 6.92 Å². The van der Waals surface area contributed by atoms with Crippen LogP contribution in [0.15, 0.2) is 11.8 Å². The fourth-order valence-corrected chi connectivity index (χ4v) is 3.95. The molecule has 1 aliphatic carbocycles. The number of aliphatic hydroxyl groups is 5. The number of carbonyl (C=O) groups excluding carboxylic acids is 1. The summed E-state index contributed by atoms with van der Waals surface area (Å²) in [5, 5.41) is 49.6. The van der Waals surface area contributed by atoms with Crippen LogP contribution in [0.3, 0.4) is 0 Å². The zero-order chi connectivity index (χ0) is 18.4. The number of fused-ring (bicyclic) bond motifs is 1. The van der Waals surface area contributed by atoms with Gasteiger partial charge in [0.05, 0.1) is 24.4 Å². The molecule has 3 aliphatic rings. The minimum Gasteiger partial charge on any atom is -0.472 e. The summed E-state index contributed by atoms with van der Waals surface area (Å²) in [6.07, 6.45) is -5.14. The second-order valence-electron chi connectivity index (χ2n) is 7.10. The number of hydrogen-bond acceptors (Lipinski definition) is 9. The van der Waals surface area contributed by atoms with Gasteiger partial charge < -0.3 is 39.7 Å². The molecule has 142 valence electrons. The number of rotatable bonds is 4. The van der Waals surface area contributed by atoms with E-state index in [0.29, 0.717) is 24.7 Å². The Morgan fingerprint density at radius 1 is 1.28 bits per heavy atom. The molecule has 0 spiro atoms. The molecule has 2 heterocycles. The summed E-state index contributed by atoms with van der Waals surface area (Å²) >= 11 is 0. The second-order valence-corrected chi connectivity index (χ2v) is 7.10. The average molecular weight is 360 g/mol. The van der Waals surface area contributed by atoms with E-state index in [1.165, 1.54) is 6.26 Å². The fourth-order valence-electron chi connectivity index (χ4n) is 3.95. The van der Waals surface area contributed by atoms with Gasteiger partial charge in [-0.15, -0.1) is 0 Å². The Labute approximate surface area is 144 Å². The Bertz CT molecular complexity index is 532. The lowest BCUT2D eigenvalue weighted by Crippen LogP contribution is -2.60. The summed E-state index contributed by atoms with van der Waals surface area (Å²) in [7, 11) is 0. The lowest BCUT2D eigenvalue weighted by Gasteiger charge is -2.44. The minimum atomic E-state index is -1.57. The summed E-state index contributed by atoms with van der Waals surface area (Å²) in [6.45, 7) is 1.05. The molecule has 9 atom stereocenters. The summed E-state index contributed by atoms with van der Waals surface area (Å²) in [5.41, 5.74) is -0.720. The monoisotopic (exact) mass is 360 g/mol. The van der Waals surface area contributed by atoms with Crippen LogP contribution in [0.5, 0.6) is 0 Å². The summed E-state index contributed by atoms with van der Waals surface area (Å²) in [5.74, 6) is -0.818. The van der Waals surface area contributed by atoms with E-state index in [0.717, 1.165) is 0 Å². The predicted molar refractivity (Wildman–Crippen MR) is 80.7 cm³/mol. The van der Waals surface area contributed by atoms with Gasteiger partial charge in [0, 0.05) is 11.5 Å². The zero-order valence-electron chi connectivity index (χ0n) is 13.8. The largest absolute Gasteiger partial charge is 0.472 e. The van der Waals surface area contributed by atoms with Gasteiger partial charge >= 0.3 is 0 Å². The van der Waals surface area contributed by atoms with Crippen LogP contribution in [0, 0.1) is 11.8 Å². The quantitative estimate of drug-likeness (QED) is 0.360. The topological polar surface area (TPSA) is 146 Å². The van der Waals surface area contributed by atoms with Crippen LogP contribution in [0.1, 0.15) is 19.8 Å². The fraction of sp³-hybridized carbons (Fsp3) is 0.812. The van der Waals surface area contributed by atoms with Gasteiger partial charge in [-0.05, 0) is 19.8 Å². The third-order valence-electron chi connectivity index (χ3n) is 5.43. The van der Waals surface area contributed by atoms with Crippen LogP contribution in [-0.4, -0.2) is 81.0 Å². The van der Waals surface area contributed by atoms with Crippen molar-refractivity contribution in [2.75, 3.05) is 6.61 Å². The lowest BCUT2D eigenvalue weighted by atomic mass is 9.81. The predicted octanol–water partition coefficient (Wildman–Crippen LogP) is -1.98. The highest BCUT2D eigenvalue weighted by Gasteiger charge is 2.54. The van der Waals surface area contributed by atoms with E-state index in [-0.39, 0.29) is 5.92 Å². The van der Waals surface area contributed by atoms with E-state index >= 15 is 0 Å². The molecule has 2 aliphatic heterocycles. The third kappa shape index (κ3) is 3.21. The van der Waals surface area contributed by atoms with Crippen molar-refractivity contribution in [3.8, 4) is 0 Å². The van der Waals surface area contributed by atoms with Crippen LogP contribution in [0.25, 0.3) is 0 Å². The maximum Gasteiger partial charge on any atom is 0.207 e. The van der Waals surface area contributed by atoms with Crippen molar-refractivity contribution in [1.29, 1.82) is 0 Å². The molecule has 1 saturated heterocycles. The maximum absolute atomic E-state index is 11.2. The van der Waals surface area contributed by atoms with E-state index in [9.17, 15) is 30.3 Å². The normalized spacial score (nSPS) is 49.9. The van der Waals surface area contributed by atoms with Crippen molar-refractivity contribution in [3.05, 3.63) is 11.8 Å². The number of allylic oxidation sites excluding steroid dienone is 1. The summed E-state index contributed by atoms with van der Waals surface area (Å²) in [6, 6.07) is 0. The first-order valence-corrected chi connectivity index (χ1v) is 8.29. The zero-order valence-corrected chi connectivity index (χ0v) is 13.8. The van der Waals surface area contributed by atoms with Crippen LogP contribution < -0.4 is 0 Å². The molecular formula is C16H24O9. The Hall–Kier alpha value is -1.07. The van der Waals surface area contributed by atoms with Crippen molar-refractivity contribution in [2.24, 2.45) is 11.8 Å². The summed E-state index contributed by atoms with van der Waals surface area (Å²) in [4.78, 5) is 11.2. The molecule has 5 N–H and O–H groups in total. The first-order valence-electron chi connectivity index (χ1n) is 8.29. The van der Waals surface area contributed by atoms with E-state index < -0.39 is 55.1 Å². The second kappa shape index (κ2) is 6.92. The SMILES string of the molecule is C[C@]1(O)CC[C@@H]2C(C=O)=CO[C@@H](O[C@@H]3O[C@H](CO)[C@@H](O)[C@H](O)[C@H]3O)[C@H]21. The molecule has 0 bridgehead atoms. The molecule has 0 aromatic heterocycles. The number of ether oxygens (including phenoxy) is 3. The molecule has 3 rings (SSSR count). The lowest BCUT2D eigenvalue weighted by molar-refractivity contribution is -0.346. The van der Waals surface area contributed by atoms with Crippen molar-refractivity contribution in [1.82, 2.24) is 0 Å². The van der Waals surface area contributed by atoms with Gasteiger partial charge in [-0.25, -0.2) is 0 Å². The molecule has 0 aromatic carbocycles. The molecule has 0 unspecified atom stereocenters. The molecule has 9 nitrogen and oxygen atoms in total. The molecule has 0 aromatic rings. The molecule has 0 amide bonds. The van der Waals surface area contributed by atoms with Gasteiger partial charge in [0.2, 0.25) is 6.29 Å². The van der Waals surface area contributed by atoms with Crippen molar-refractivity contribution in [2.45, 2.75) is 62.4 Å². The van der Waals surface area contributed by atoms with E-state index in [1.807, 2.05) is 0 Å². The first kappa shape index (κ1) is 18.7. The Morgan fingerprint density at radius 2 is 2.00 bits per heavy atom. The molecular weight excluding hydrogens is 336 g/mol. The number of aldehydes is 1. The standard InChI is InChI=1S/C16H24O9/c1-16(22)3-2-8-7(4-17)6-23-14(10(8)16)25-15-13(21)12(20)11(19)9(5-18)24-15/h4,6,8-15,18-22H,2-3,5H2,1H3/t8-,9-,10+,11-,12+,13-,14+,15+,16+/m1/s1. The van der Waals surface area contributed by atoms with Crippen molar-refractivity contribution >= 4 is 6.29 Å². The van der Waals surface area contributed by atoms with Gasteiger partial charge in [-0.1, -0.05) is 0 Å². The molecule has 0 radical (unpaired) electrons. The highest BCUT2D eigenvalue weighted by atomic mass is 16.8. The van der Waals surface area contributed by atoms with Crippen molar-refractivity contribution < 1.29 is 44.5 Å². The van der Waals surface area contributed by atoms with E-state index in [4.69, 9.17) is 14.2 Å². The van der Waals surface area contributed by atoms with Crippen LogP contribution >= 0.6 is 0 Å². The Kier molecular flexibility index (Phi) is 5.18.